The molecule has 0 bridgehead atoms. The summed E-state index contributed by atoms with van der Waals surface area (Å²) in [7, 11) is 0. The second-order valence-electron chi connectivity index (χ2n) is 7.48. The fraction of sp³-hybridized carbons (Fsp3) is 0.450. The average molecular weight is 370 g/mol. The third kappa shape index (κ3) is 4.44. The van der Waals surface area contributed by atoms with Gasteiger partial charge in [0.15, 0.2) is 0 Å². The SMILES string of the molecule is CC1(C)CC[C@@H]1CNc1nc(NCCc2cccc(Cl)c2)ncc1C#N. The zero-order valence-electron chi connectivity index (χ0n) is 15.2. The van der Waals surface area contributed by atoms with Crippen LogP contribution in [-0.4, -0.2) is 23.1 Å². The van der Waals surface area contributed by atoms with Gasteiger partial charge in [-0.2, -0.15) is 10.2 Å². The monoisotopic (exact) mass is 369 g/mol. The van der Waals surface area contributed by atoms with Crippen LogP contribution >= 0.6 is 11.6 Å². The number of nitriles is 1. The maximum absolute atomic E-state index is 9.30. The van der Waals surface area contributed by atoms with Crippen molar-refractivity contribution in [2.45, 2.75) is 33.1 Å². The van der Waals surface area contributed by atoms with Gasteiger partial charge in [-0.1, -0.05) is 37.6 Å². The molecule has 0 amide bonds. The molecule has 1 heterocycles. The van der Waals surface area contributed by atoms with Crippen molar-refractivity contribution < 1.29 is 0 Å². The normalized spacial score (nSPS) is 17.8. The number of halogens is 1. The summed E-state index contributed by atoms with van der Waals surface area (Å²) in [5.41, 5.74) is 2.00. The molecule has 1 aliphatic rings. The number of hydrogen-bond donors (Lipinski definition) is 2. The topological polar surface area (TPSA) is 73.6 Å². The first-order valence-electron chi connectivity index (χ1n) is 8.97. The molecule has 2 aromatic rings. The van der Waals surface area contributed by atoms with Crippen molar-refractivity contribution in [1.82, 2.24) is 9.97 Å². The highest BCUT2D eigenvalue weighted by atomic mass is 35.5. The smallest absolute Gasteiger partial charge is 0.224 e. The molecule has 6 heteroatoms. The van der Waals surface area contributed by atoms with Crippen LogP contribution in [0.15, 0.2) is 30.5 Å². The molecule has 0 spiro atoms. The van der Waals surface area contributed by atoms with Gasteiger partial charge in [0.1, 0.15) is 17.5 Å². The molecular formula is C20H24ClN5. The zero-order valence-corrected chi connectivity index (χ0v) is 16.0. The average Bonchev–Trinajstić information content (AvgIpc) is 2.61. The lowest BCUT2D eigenvalue weighted by atomic mass is 9.62. The lowest BCUT2D eigenvalue weighted by Crippen LogP contribution is -2.39. The summed E-state index contributed by atoms with van der Waals surface area (Å²) in [4.78, 5) is 8.73. The number of rotatable bonds is 7. The van der Waals surface area contributed by atoms with Crippen molar-refractivity contribution >= 4 is 23.4 Å². The van der Waals surface area contributed by atoms with Crippen molar-refractivity contribution in [2.24, 2.45) is 11.3 Å². The number of benzene rings is 1. The summed E-state index contributed by atoms with van der Waals surface area (Å²) < 4.78 is 0. The molecule has 0 aliphatic heterocycles. The Morgan fingerprint density at radius 2 is 2.19 bits per heavy atom. The Morgan fingerprint density at radius 3 is 2.85 bits per heavy atom. The summed E-state index contributed by atoms with van der Waals surface area (Å²) in [5.74, 6) is 1.75. The van der Waals surface area contributed by atoms with E-state index in [1.54, 1.807) is 6.20 Å². The van der Waals surface area contributed by atoms with Gasteiger partial charge in [-0.3, -0.25) is 0 Å². The third-order valence-corrected chi connectivity index (χ3v) is 5.49. The fourth-order valence-corrected chi connectivity index (χ4v) is 3.43. The molecule has 1 aliphatic carbocycles. The first-order valence-corrected chi connectivity index (χ1v) is 9.35. The van der Waals surface area contributed by atoms with Gasteiger partial charge in [-0.05, 0) is 48.3 Å². The highest BCUT2D eigenvalue weighted by Gasteiger charge is 2.37. The Hall–Kier alpha value is -2.32. The number of hydrogen-bond acceptors (Lipinski definition) is 5. The van der Waals surface area contributed by atoms with Crippen LogP contribution in [-0.2, 0) is 6.42 Å². The van der Waals surface area contributed by atoms with E-state index in [9.17, 15) is 5.26 Å². The van der Waals surface area contributed by atoms with E-state index in [1.807, 2.05) is 24.3 Å². The number of anilines is 2. The van der Waals surface area contributed by atoms with Crippen LogP contribution in [0.3, 0.4) is 0 Å². The molecule has 136 valence electrons. The van der Waals surface area contributed by atoms with Crippen molar-refractivity contribution in [3.05, 3.63) is 46.6 Å². The van der Waals surface area contributed by atoms with E-state index >= 15 is 0 Å². The highest BCUT2D eigenvalue weighted by Crippen LogP contribution is 2.45. The van der Waals surface area contributed by atoms with Gasteiger partial charge in [-0.15, -0.1) is 0 Å². The fourth-order valence-electron chi connectivity index (χ4n) is 3.22. The molecule has 1 saturated carbocycles. The Balaban J connectivity index is 1.59. The van der Waals surface area contributed by atoms with E-state index in [0.29, 0.717) is 35.2 Å². The molecule has 1 aromatic heterocycles. The lowest BCUT2D eigenvalue weighted by Gasteiger charge is -2.44. The van der Waals surface area contributed by atoms with E-state index in [4.69, 9.17) is 11.6 Å². The number of nitrogens with zero attached hydrogens (tertiary/aromatic N) is 3. The quantitative estimate of drug-likeness (QED) is 0.751. The molecule has 1 aromatic carbocycles. The summed E-state index contributed by atoms with van der Waals surface area (Å²) in [5, 5.41) is 16.6. The molecule has 26 heavy (non-hydrogen) atoms. The minimum Gasteiger partial charge on any atom is -0.369 e. The van der Waals surface area contributed by atoms with E-state index < -0.39 is 0 Å². The predicted octanol–water partition coefficient (Wildman–Crippen LogP) is 4.50. The standard InChI is InChI=1S/C20H24ClN5/c1-20(2)8-6-16(20)13-24-18-15(11-22)12-25-19(26-18)23-9-7-14-4-3-5-17(21)10-14/h3-5,10,12,16H,6-9,13H2,1-2H3,(H2,23,24,25,26)/t16-/m1/s1. The molecule has 5 nitrogen and oxygen atoms in total. The predicted molar refractivity (Wildman–Crippen MR) is 105 cm³/mol. The van der Waals surface area contributed by atoms with E-state index in [-0.39, 0.29) is 0 Å². The molecule has 1 fully saturated rings. The largest absolute Gasteiger partial charge is 0.369 e. The van der Waals surface area contributed by atoms with Crippen molar-refractivity contribution in [3.63, 3.8) is 0 Å². The van der Waals surface area contributed by atoms with E-state index in [0.717, 1.165) is 23.6 Å². The summed E-state index contributed by atoms with van der Waals surface area (Å²) in [6.07, 6.45) is 4.87. The zero-order chi connectivity index (χ0) is 18.6. The molecule has 2 N–H and O–H groups in total. The van der Waals surface area contributed by atoms with Crippen LogP contribution < -0.4 is 10.6 Å². The maximum atomic E-state index is 9.30. The second kappa shape index (κ2) is 7.92. The van der Waals surface area contributed by atoms with Gasteiger partial charge >= 0.3 is 0 Å². The Bertz CT molecular complexity index is 812. The third-order valence-electron chi connectivity index (χ3n) is 5.25. The van der Waals surface area contributed by atoms with Gasteiger partial charge in [0, 0.05) is 18.1 Å². The second-order valence-corrected chi connectivity index (χ2v) is 7.92. The maximum Gasteiger partial charge on any atom is 0.224 e. The highest BCUT2D eigenvalue weighted by molar-refractivity contribution is 6.30. The Morgan fingerprint density at radius 1 is 1.35 bits per heavy atom. The number of nitrogens with one attached hydrogen (secondary N) is 2. The summed E-state index contributed by atoms with van der Waals surface area (Å²) >= 11 is 6.01. The Labute approximate surface area is 159 Å². The van der Waals surface area contributed by atoms with E-state index in [2.05, 4.69) is 40.5 Å². The first-order chi connectivity index (χ1) is 12.5. The minimum atomic E-state index is 0.366. The van der Waals surface area contributed by atoms with E-state index in [1.165, 1.54) is 12.8 Å². The molecule has 0 saturated heterocycles. The van der Waals surface area contributed by atoms with Crippen LogP contribution in [0.1, 0.15) is 37.8 Å². The molecule has 1 atom stereocenters. The van der Waals surface area contributed by atoms with Crippen LogP contribution in [0.5, 0.6) is 0 Å². The van der Waals surface area contributed by atoms with Crippen molar-refractivity contribution in [1.29, 1.82) is 5.26 Å². The lowest BCUT2D eigenvalue weighted by molar-refractivity contribution is 0.0836. The first kappa shape index (κ1) is 18.5. The van der Waals surface area contributed by atoms with Gasteiger partial charge < -0.3 is 10.6 Å². The van der Waals surface area contributed by atoms with Gasteiger partial charge in [-0.25, -0.2) is 4.98 Å². The summed E-state index contributed by atoms with van der Waals surface area (Å²) in [6.45, 7) is 6.11. The van der Waals surface area contributed by atoms with Crippen LogP contribution in [0.4, 0.5) is 11.8 Å². The van der Waals surface area contributed by atoms with Crippen LogP contribution in [0.25, 0.3) is 0 Å². The van der Waals surface area contributed by atoms with Crippen molar-refractivity contribution in [2.75, 3.05) is 23.7 Å². The molecule has 0 radical (unpaired) electrons. The molecular weight excluding hydrogens is 346 g/mol. The molecule has 3 rings (SSSR count). The van der Waals surface area contributed by atoms with Gasteiger partial charge in [0.05, 0.1) is 6.20 Å². The van der Waals surface area contributed by atoms with Crippen LogP contribution in [0, 0.1) is 22.7 Å². The minimum absolute atomic E-state index is 0.366. The Kier molecular flexibility index (Phi) is 5.63. The van der Waals surface area contributed by atoms with Gasteiger partial charge in [0.2, 0.25) is 5.95 Å². The number of aromatic nitrogens is 2. The van der Waals surface area contributed by atoms with Crippen LogP contribution in [0.2, 0.25) is 5.02 Å². The molecule has 0 unspecified atom stereocenters. The summed E-state index contributed by atoms with van der Waals surface area (Å²) in [6, 6.07) is 9.97. The van der Waals surface area contributed by atoms with Crippen molar-refractivity contribution in [3.8, 4) is 6.07 Å². The van der Waals surface area contributed by atoms with Gasteiger partial charge in [0.25, 0.3) is 0 Å².